The van der Waals surface area contributed by atoms with Gasteiger partial charge in [-0.1, -0.05) is 12.1 Å². The quantitative estimate of drug-likeness (QED) is 0.328. The maximum absolute atomic E-state index is 12.3. The molecular formula is C21H25N5O5. The van der Waals surface area contributed by atoms with E-state index in [1.54, 1.807) is 7.11 Å². The predicted molar refractivity (Wildman–Crippen MR) is 115 cm³/mol. The lowest BCUT2D eigenvalue weighted by molar-refractivity contribution is -0.384. The van der Waals surface area contributed by atoms with Gasteiger partial charge in [0.25, 0.3) is 11.6 Å². The van der Waals surface area contributed by atoms with E-state index in [1.165, 1.54) is 12.1 Å². The molecule has 1 aliphatic heterocycles. The summed E-state index contributed by atoms with van der Waals surface area (Å²) in [6, 6.07) is 11.5. The molecule has 10 nitrogen and oxygen atoms in total. The van der Waals surface area contributed by atoms with Gasteiger partial charge in [-0.25, -0.2) is 0 Å². The van der Waals surface area contributed by atoms with Crippen molar-refractivity contribution in [2.24, 2.45) is 0 Å². The molecular weight excluding hydrogens is 402 g/mol. The van der Waals surface area contributed by atoms with Crippen LogP contribution in [-0.4, -0.2) is 54.4 Å². The van der Waals surface area contributed by atoms with Gasteiger partial charge in [0.1, 0.15) is 5.75 Å². The van der Waals surface area contributed by atoms with Crippen molar-refractivity contribution in [3.63, 3.8) is 0 Å². The molecule has 0 unspecified atom stereocenters. The standard InChI is InChI=1S/C21H25N5O5/c1-31-17-5-2-14(3-6-17)12-25-9-8-15(13-25)24-20(27)11-23-21(28)18-10-16(26(29)30)4-7-19(18)22/h2-7,10,15H,8-9,11-13,22H2,1H3,(H,23,28)(H,24,27)/t15-/m1/s1. The van der Waals surface area contributed by atoms with Crippen LogP contribution in [0, 0.1) is 10.1 Å². The minimum Gasteiger partial charge on any atom is -0.497 e. The maximum atomic E-state index is 12.3. The lowest BCUT2D eigenvalue weighted by Crippen LogP contribution is -2.43. The summed E-state index contributed by atoms with van der Waals surface area (Å²) >= 11 is 0. The zero-order chi connectivity index (χ0) is 22.4. The van der Waals surface area contributed by atoms with Crippen molar-refractivity contribution in [1.29, 1.82) is 0 Å². The Kier molecular flexibility index (Phi) is 7.03. The highest BCUT2D eigenvalue weighted by molar-refractivity contribution is 6.01. The van der Waals surface area contributed by atoms with Gasteiger partial charge in [-0.05, 0) is 30.2 Å². The monoisotopic (exact) mass is 427 g/mol. The second kappa shape index (κ2) is 9.90. The Morgan fingerprint density at radius 1 is 1.26 bits per heavy atom. The normalized spacial score (nSPS) is 16.0. The van der Waals surface area contributed by atoms with E-state index >= 15 is 0 Å². The zero-order valence-electron chi connectivity index (χ0n) is 17.2. The molecule has 1 atom stereocenters. The van der Waals surface area contributed by atoms with E-state index in [9.17, 15) is 19.7 Å². The first-order chi connectivity index (χ1) is 14.9. The van der Waals surface area contributed by atoms with Gasteiger partial charge in [0.15, 0.2) is 0 Å². The highest BCUT2D eigenvalue weighted by atomic mass is 16.6. The minimum atomic E-state index is -0.635. The number of hydrogen-bond donors (Lipinski definition) is 3. The molecule has 4 N–H and O–H groups in total. The zero-order valence-corrected chi connectivity index (χ0v) is 17.2. The highest BCUT2D eigenvalue weighted by Gasteiger charge is 2.24. The summed E-state index contributed by atoms with van der Waals surface area (Å²) in [6.45, 7) is 2.10. The Hall–Kier alpha value is -3.66. The Balaban J connectivity index is 1.45. The van der Waals surface area contributed by atoms with Crippen molar-refractivity contribution >= 4 is 23.2 Å². The Morgan fingerprint density at radius 2 is 2.00 bits per heavy atom. The topological polar surface area (TPSA) is 140 Å². The van der Waals surface area contributed by atoms with Crippen LogP contribution < -0.4 is 21.1 Å². The van der Waals surface area contributed by atoms with Gasteiger partial charge in [0, 0.05) is 43.5 Å². The molecule has 2 aromatic rings. The molecule has 2 amide bonds. The average molecular weight is 427 g/mol. The lowest BCUT2D eigenvalue weighted by atomic mass is 10.1. The maximum Gasteiger partial charge on any atom is 0.270 e. The first kappa shape index (κ1) is 22.0. The largest absolute Gasteiger partial charge is 0.497 e. The van der Waals surface area contributed by atoms with Gasteiger partial charge in [-0.15, -0.1) is 0 Å². The minimum absolute atomic E-state index is 0.00877. The van der Waals surface area contributed by atoms with Gasteiger partial charge in [0.05, 0.1) is 24.1 Å². The van der Waals surface area contributed by atoms with Gasteiger partial charge in [-0.2, -0.15) is 0 Å². The summed E-state index contributed by atoms with van der Waals surface area (Å²) in [5, 5.41) is 16.2. The number of ether oxygens (including phenoxy) is 1. The van der Waals surface area contributed by atoms with E-state index < -0.39 is 10.8 Å². The number of nitrogens with two attached hydrogens (primary N) is 1. The number of anilines is 1. The number of nitro groups is 1. The number of rotatable bonds is 8. The Bertz CT molecular complexity index is 963. The lowest BCUT2D eigenvalue weighted by Gasteiger charge is -2.17. The van der Waals surface area contributed by atoms with E-state index in [1.807, 2.05) is 24.3 Å². The number of nitrogens with one attached hydrogen (secondary N) is 2. The van der Waals surface area contributed by atoms with Gasteiger partial charge in [-0.3, -0.25) is 24.6 Å². The number of methoxy groups -OCH3 is 1. The number of carbonyl (C=O) groups excluding carboxylic acids is 2. The number of carbonyl (C=O) groups is 2. The second-order valence-electron chi connectivity index (χ2n) is 7.35. The number of hydrogen-bond acceptors (Lipinski definition) is 7. The van der Waals surface area contributed by atoms with E-state index in [0.29, 0.717) is 6.54 Å². The Labute approximate surface area is 179 Å². The first-order valence-electron chi connectivity index (χ1n) is 9.82. The van der Waals surface area contributed by atoms with Crippen LogP contribution >= 0.6 is 0 Å². The molecule has 1 heterocycles. The van der Waals surface area contributed by atoms with Crippen LogP contribution in [0.15, 0.2) is 42.5 Å². The fourth-order valence-electron chi connectivity index (χ4n) is 3.47. The van der Waals surface area contributed by atoms with Crippen molar-refractivity contribution in [2.45, 2.75) is 19.0 Å². The van der Waals surface area contributed by atoms with Gasteiger partial charge in [0.2, 0.25) is 5.91 Å². The van der Waals surface area contributed by atoms with E-state index in [2.05, 4.69) is 15.5 Å². The molecule has 31 heavy (non-hydrogen) atoms. The van der Waals surface area contributed by atoms with Crippen LogP contribution in [0.4, 0.5) is 11.4 Å². The third-order valence-electron chi connectivity index (χ3n) is 5.10. The van der Waals surface area contributed by atoms with Crippen LogP contribution in [0.5, 0.6) is 5.75 Å². The van der Waals surface area contributed by atoms with Crippen LogP contribution in [-0.2, 0) is 11.3 Å². The van der Waals surface area contributed by atoms with Crippen LogP contribution in [0.2, 0.25) is 0 Å². The molecule has 0 saturated carbocycles. The van der Waals surface area contributed by atoms with Gasteiger partial charge >= 0.3 is 0 Å². The number of amides is 2. The summed E-state index contributed by atoms with van der Waals surface area (Å²) in [5.74, 6) is -0.151. The van der Waals surface area contributed by atoms with Crippen LogP contribution in [0.1, 0.15) is 22.3 Å². The number of benzene rings is 2. The van der Waals surface area contributed by atoms with Crippen molar-refractivity contribution in [1.82, 2.24) is 15.5 Å². The predicted octanol–water partition coefficient (Wildman–Crippen LogP) is 1.31. The fourth-order valence-corrected chi connectivity index (χ4v) is 3.47. The molecule has 0 radical (unpaired) electrons. The first-order valence-corrected chi connectivity index (χ1v) is 9.82. The second-order valence-corrected chi connectivity index (χ2v) is 7.35. The summed E-state index contributed by atoms with van der Waals surface area (Å²) in [4.78, 5) is 37.0. The molecule has 1 aliphatic rings. The number of nitrogen functional groups attached to an aromatic ring is 1. The third kappa shape index (κ3) is 5.92. The molecule has 0 aliphatic carbocycles. The summed E-state index contributed by atoms with van der Waals surface area (Å²) < 4.78 is 5.16. The summed E-state index contributed by atoms with van der Waals surface area (Å²) in [7, 11) is 1.63. The number of nitro benzene ring substituents is 1. The summed E-state index contributed by atoms with van der Waals surface area (Å²) in [5.41, 5.74) is 6.72. The third-order valence-corrected chi connectivity index (χ3v) is 5.10. The smallest absolute Gasteiger partial charge is 0.270 e. The van der Waals surface area contributed by atoms with E-state index in [4.69, 9.17) is 10.5 Å². The van der Waals surface area contributed by atoms with Crippen molar-refractivity contribution in [3.05, 3.63) is 63.7 Å². The molecule has 0 bridgehead atoms. The van der Waals surface area contributed by atoms with Crippen LogP contribution in [0.25, 0.3) is 0 Å². The van der Waals surface area contributed by atoms with E-state index in [0.717, 1.165) is 36.9 Å². The molecule has 0 aromatic heterocycles. The number of nitrogens with zero attached hydrogens (tertiary/aromatic N) is 2. The van der Waals surface area contributed by atoms with Crippen molar-refractivity contribution in [3.8, 4) is 5.75 Å². The molecule has 1 saturated heterocycles. The average Bonchev–Trinajstić information content (AvgIpc) is 3.19. The number of non-ortho nitro benzene ring substituents is 1. The SMILES string of the molecule is COc1ccc(CN2CC[C@@H](NC(=O)CNC(=O)c3cc([N+](=O)[O-])ccc3N)C2)cc1. The fraction of sp³-hybridized carbons (Fsp3) is 0.333. The molecule has 164 valence electrons. The van der Waals surface area contributed by atoms with E-state index in [-0.39, 0.29) is 35.4 Å². The summed E-state index contributed by atoms with van der Waals surface area (Å²) in [6.07, 6.45) is 0.813. The molecule has 0 spiro atoms. The van der Waals surface area contributed by atoms with Crippen molar-refractivity contribution < 1.29 is 19.2 Å². The van der Waals surface area contributed by atoms with Gasteiger partial charge < -0.3 is 21.1 Å². The van der Waals surface area contributed by atoms with Crippen molar-refractivity contribution in [2.75, 3.05) is 32.5 Å². The molecule has 3 rings (SSSR count). The Morgan fingerprint density at radius 3 is 2.68 bits per heavy atom. The van der Waals surface area contributed by atoms with Crippen LogP contribution in [0.3, 0.4) is 0 Å². The molecule has 1 fully saturated rings. The molecule has 10 heteroatoms. The highest BCUT2D eigenvalue weighted by Crippen LogP contribution is 2.19. The number of likely N-dealkylation sites (tertiary alicyclic amines) is 1. The molecule has 2 aromatic carbocycles.